The van der Waals surface area contributed by atoms with Gasteiger partial charge in [-0.25, -0.2) is 0 Å². The van der Waals surface area contributed by atoms with Crippen molar-refractivity contribution in [3.63, 3.8) is 0 Å². The van der Waals surface area contributed by atoms with Gasteiger partial charge in [0.25, 0.3) is 0 Å². The minimum absolute atomic E-state index is 0.637. The van der Waals surface area contributed by atoms with E-state index in [0.29, 0.717) is 0 Å². The third-order valence-electron chi connectivity index (χ3n) is 6.49. The smallest absolute Gasteiger partial charge is 0.217 e. The Bertz CT molecular complexity index is 743. The van der Waals surface area contributed by atoms with Crippen LogP contribution in [-0.2, 0) is 28.5 Å². The monoisotopic (exact) mass is 545 g/mol. The molecule has 11 N–H and O–H groups in total. The van der Waals surface area contributed by atoms with E-state index in [4.69, 9.17) is 23.7 Å². The molecule has 0 saturated carbocycles. The summed E-state index contributed by atoms with van der Waals surface area (Å²) in [7, 11) is 0. The lowest BCUT2D eigenvalue weighted by atomic mass is 9.95. The first-order chi connectivity index (χ1) is 17.4. The summed E-state index contributed by atoms with van der Waals surface area (Å²) < 4.78 is 26.9. The number of amides is 1. The molecule has 0 unspecified atom stereocenters. The normalized spacial score (nSPS) is 49.0. The van der Waals surface area contributed by atoms with Crippen LogP contribution in [0.15, 0.2) is 0 Å². The molecule has 0 aromatic heterocycles. The van der Waals surface area contributed by atoms with Gasteiger partial charge in [-0.1, -0.05) is 0 Å². The van der Waals surface area contributed by atoms with Crippen molar-refractivity contribution in [1.82, 2.24) is 5.32 Å². The van der Waals surface area contributed by atoms with Crippen LogP contribution in [0.3, 0.4) is 0 Å². The van der Waals surface area contributed by atoms with Crippen LogP contribution >= 0.6 is 0 Å². The summed E-state index contributed by atoms with van der Waals surface area (Å²) in [6.45, 7) is -1.21. The van der Waals surface area contributed by atoms with Crippen LogP contribution in [0.1, 0.15) is 6.92 Å². The number of hydrogen-bond donors (Lipinski definition) is 11. The molecule has 1 amide bonds. The molecule has 37 heavy (non-hydrogen) atoms. The number of aliphatic hydroxyl groups is 10. The Morgan fingerprint density at radius 1 is 0.649 bits per heavy atom. The Kier molecular flexibility index (Phi) is 10.5. The second kappa shape index (κ2) is 12.8. The van der Waals surface area contributed by atoms with Crippen molar-refractivity contribution in [2.45, 2.75) is 99.0 Å². The molecule has 0 aromatic carbocycles. The van der Waals surface area contributed by atoms with Crippen LogP contribution in [0.4, 0.5) is 0 Å². The Morgan fingerprint density at radius 2 is 1.14 bits per heavy atom. The highest BCUT2D eigenvalue weighted by Crippen LogP contribution is 2.32. The fourth-order valence-electron chi connectivity index (χ4n) is 4.46. The van der Waals surface area contributed by atoms with E-state index in [1.807, 2.05) is 0 Å². The van der Waals surface area contributed by atoms with Gasteiger partial charge >= 0.3 is 0 Å². The van der Waals surface area contributed by atoms with E-state index in [9.17, 15) is 55.9 Å². The highest BCUT2D eigenvalue weighted by molar-refractivity contribution is 5.73. The average Bonchev–Trinajstić information content (AvgIpc) is 2.87. The van der Waals surface area contributed by atoms with Crippen LogP contribution in [0.5, 0.6) is 0 Å². The summed E-state index contributed by atoms with van der Waals surface area (Å²) in [4.78, 5) is 11.6. The van der Waals surface area contributed by atoms with Gasteiger partial charge in [0, 0.05) is 6.92 Å². The van der Waals surface area contributed by atoms with E-state index in [0.717, 1.165) is 6.92 Å². The largest absolute Gasteiger partial charge is 0.394 e. The molecule has 0 radical (unpaired) electrons. The molecular weight excluding hydrogens is 510 g/mol. The number of ether oxygens (including phenoxy) is 5. The SMILES string of the molecule is CC(=O)N[C@@H]1[C@@H](O[C@@H]2O[C@H](CO)[C@@H](O[C@@H]3O[C@H](CO)[C@H](O)[C@H](O)[C@H]3O)[C@H](O)[C@H]2O)[C@@H](O)[C@@H](CO)O[C@H]1O. The lowest BCUT2D eigenvalue weighted by molar-refractivity contribution is -0.372. The zero-order chi connectivity index (χ0) is 27.6. The summed E-state index contributed by atoms with van der Waals surface area (Å²) in [5, 5.41) is 103. The zero-order valence-electron chi connectivity index (χ0n) is 19.7. The van der Waals surface area contributed by atoms with Gasteiger partial charge in [-0.15, -0.1) is 0 Å². The van der Waals surface area contributed by atoms with Crippen molar-refractivity contribution >= 4 is 5.91 Å². The summed E-state index contributed by atoms with van der Waals surface area (Å²) >= 11 is 0. The predicted octanol–water partition coefficient (Wildman–Crippen LogP) is -7.43. The Morgan fingerprint density at radius 3 is 1.68 bits per heavy atom. The van der Waals surface area contributed by atoms with E-state index in [1.54, 1.807) is 0 Å². The van der Waals surface area contributed by atoms with Crippen LogP contribution in [0.25, 0.3) is 0 Å². The maximum absolute atomic E-state index is 11.6. The second-order valence-electron chi connectivity index (χ2n) is 9.07. The number of rotatable bonds is 8. The van der Waals surface area contributed by atoms with Crippen molar-refractivity contribution in [1.29, 1.82) is 0 Å². The fraction of sp³-hybridized carbons (Fsp3) is 0.950. The van der Waals surface area contributed by atoms with Gasteiger partial charge in [0.15, 0.2) is 18.9 Å². The standard InChI is InChI=1S/C20H35NO16/c1-5(25)21-9-17(11(27)7(3-23)33-18(9)32)37-20-15(31)13(29)16(8(4-24)35-20)36-19-14(30)12(28)10(26)6(2-22)34-19/h6-20,22-24,26-32H,2-4H2,1H3,(H,21,25)/t6-,7-,8-,9-,10+,11+,12+,13-,14-,15-,16-,17-,18-,19+,20+/m1/s1. The average molecular weight is 545 g/mol. The van der Waals surface area contributed by atoms with Gasteiger partial charge < -0.3 is 80.1 Å². The second-order valence-corrected chi connectivity index (χ2v) is 9.07. The minimum Gasteiger partial charge on any atom is -0.394 e. The Labute approximate surface area is 210 Å². The molecule has 0 aliphatic carbocycles. The van der Waals surface area contributed by atoms with Crippen molar-refractivity contribution in [2.24, 2.45) is 0 Å². The maximum Gasteiger partial charge on any atom is 0.217 e. The minimum atomic E-state index is -1.93. The molecule has 0 bridgehead atoms. The highest BCUT2D eigenvalue weighted by Gasteiger charge is 2.53. The van der Waals surface area contributed by atoms with E-state index in [2.05, 4.69) is 5.32 Å². The molecule has 3 heterocycles. The third kappa shape index (κ3) is 6.38. The van der Waals surface area contributed by atoms with E-state index >= 15 is 0 Å². The van der Waals surface area contributed by atoms with Crippen LogP contribution in [0, 0.1) is 0 Å². The fourth-order valence-corrected chi connectivity index (χ4v) is 4.46. The quantitative estimate of drug-likeness (QED) is 0.135. The van der Waals surface area contributed by atoms with E-state index in [1.165, 1.54) is 0 Å². The number of carbonyl (C=O) groups is 1. The molecular formula is C20H35NO16. The summed E-state index contributed by atoms with van der Waals surface area (Å²) in [5.41, 5.74) is 0. The van der Waals surface area contributed by atoms with Crippen molar-refractivity contribution < 1.29 is 79.5 Å². The van der Waals surface area contributed by atoms with E-state index < -0.39 is 118 Å². The topological polar surface area (TPSA) is 278 Å². The van der Waals surface area contributed by atoms with Gasteiger partial charge in [0.05, 0.1) is 19.8 Å². The number of carbonyl (C=O) groups excluding carboxylic acids is 1. The van der Waals surface area contributed by atoms with Crippen LogP contribution < -0.4 is 5.32 Å². The molecule has 3 aliphatic rings. The Hall–Kier alpha value is -1.13. The van der Waals surface area contributed by atoms with Crippen molar-refractivity contribution in [2.75, 3.05) is 19.8 Å². The molecule has 0 aromatic rings. The third-order valence-corrected chi connectivity index (χ3v) is 6.49. The maximum atomic E-state index is 11.6. The number of aliphatic hydroxyl groups excluding tert-OH is 10. The summed E-state index contributed by atoms with van der Waals surface area (Å²) in [6, 6.07) is -1.39. The van der Waals surface area contributed by atoms with E-state index in [-0.39, 0.29) is 0 Å². The molecule has 3 rings (SSSR count). The van der Waals surface area contributed by atoms with Gasteiger partial charge in [-0.2, -0.15) is 0 Å². The molecule has 3 fully saturated rings. The van der Waals surface area contributed by atoms with Gasteiger partial charge in [-0.3, -0.25) is 4.79 Å². The molecule has 216 valence electrons. The predicted molar refractivity (Wildman–Crippen MR) is 113 cm³/mol. The van der Waals surface area contributed by atoms with Gasteiger partial charge in [-0.05, 0) is 0 Å². The number of hydrogen-bond acceptors (Lipinski definition) is 16. The summed E-state index contributed by atoms with van der Waals surface area (Å²) in [5.74, 6) is -0.637. The first kappa shape index (κ1) is 30.4. The van der Waals surface area contributed by atoms with Gasteiger partial charge in [0.1, 0.15) is 73.2 Å². The molecule has 0 spiro atoms. The lowest BCUT2D eigenvalue weighted by Gasteiger charge is -2.48. The lowest BCUT2D eigenvalue weighted by Crippen LogP contribution is -2.68. The van der Waals surface area contributed by atoms with Crippen LogP contribution in [0.2, 0.25) is 0 Å². The Balaban J connectivity index is 1.76. The molecule has 15 atom stereocenters. The molecule has 3 saturated heterocycles. The summed E-state index contributed by atoms with van der Waals surface area (Å²) in [6.07, 6.45) is -23.3. The number of nitrogens with one attached hydrogen (secondary N) is 1. The first-order valence-electron chi connectivity index (χ1n) is 11.6. The van der Waals surface area contributed by atoms with Crippen molar-refractivity contribution in [3.8, 4) is 0 Å². The zero-order valence-corrected chi connectivity index (χ0v) is 19.7. The van der Waals surface area contributed by atoms with Gasteiger partial charge in [0.2, 0.25) is 5.91 Å². The van der Waals surface area contributed by atoms with Crippen LogP contribution in [-0.4, -0.2) is 169 Å². The molecule has 17 heteroatoms. The first-order valence-corrected chi connectivity index (χ1v) is 11.6. The highest BCUT2D eigenvalue weighted by atomic mass is 16.7. The molecule has 17 nitrogen and oxygen atoms in total. The van der Waals surface area contributed by atoms with Crippen molar-refractivity contribution in [3.05, 3.63) is 0 Å². The molecule has 3 aliphatic heterocycles.